The fourth-order valence-electron chi connectivity index (χ4n) is 2.02. The van der Waals surface area contributed by atoms with Gasteiger partial charge in [-0.3, -0.25) is 0 Å². The van der Waals surface area contributed by atoms with E-state index in [4.69, 9.17) is 10.5 Å². The van der Waals surface area contributed by atoms with E-state index >= 15 is 0 Å². The van der Waals surface area contributed by atoms with Crippen LogP contribution in [0.4, 0.5) is 0 Å². The van der Waals surface area contributed by atoms with E-state index in [9.17, 15) is 0 Å². The normalized spacial score (nSPS) is 12.4. The smallest absolute Gasteiger partial charge is 0.130 e. The summed E-state index contributed by atoms with van der Waals surface area (Å²) in [5, 5.41) is 0. The molecule has 0 saturated heterocycles. The fourth-order valence-corrected chi connectivity index (χ4v) is 2.02. The SMILES string of the molecule is CCn1cncc1COc1ccc(C(C)N)cc1C. The van der Waals surface area contributed by atoms with Crippen molar-refractivity contribution >= 4 is 0 Å². The van der Waals surface area contributed by atoms with Gasteiger partial charge in [-0.2, -0.15) is 0 Å². The minimum absolute atomic E-state index is 0.0503. The Hall–Kier alpha value is -1.81. The number of hydrogen-bond acceptors (Lipinski definition) is 3. The molecule has 1 aromatic carbocycles. The van der Waals surface area contributed by atoms with Crippen LogP contribution in [0.15, 0.2) is 30.7 Å². The quantitative estimate of drug-likeness (QED) is 0.898. The van der Waals surface area contributed by atoms with Crippen LogP contribution < -0.4 is 10.5 Å². The van der Waals surface area contributed by atoms with Gasteiger partial charge in [0.05, 0.1) is 18.2 Å². The molecule has 0 saturated carbocycles. The van der Waals surface area contributed by atoms with E-state index in [0.29, 0.717) is 6.61 Å². The van der Waals surface area contributed by atoms with Crippen molar-refractivity contribution < 1.29 is 4.74 Å². The lowest BCUT2D eigenvalue weighted by Crippen LogP contribution is -2.07. The van der Waals surface area contributed by atoms with E-state index in [1.165, 1.54) is 0 Å². The van der Waals surface area contributed by atoms with E-state index < -0.39 is 0 Å². The summed E-state index contributed by atoms with van der Waals surface area (Å²) in [7, 11) is 0. The Labute approximate surface area is 114 Å². The zero-order valence-corrected chi connectivity index (χ0v) is 11.8. The Bertz CT molecular complexity index is 546. The lowest BCUT2D eigenvalue weighted by Gasteiger charge is -2.13. The number of hydrogen-bond donors (Lipinski definition) is 1. The molecule has 4 nitrogen and oxygen atoms in total. The predicted octanol–water partition coefficient (Wildman–Crippen LogP) is 2.81. The molecule has 0 radical (unpaired) electrons. The highest BCUT2D eigenvalue weighted by molar-refractivity contribution is 5.37. The van der Waals surface area contributed by atoms with Crippen molar-refractivity contribution in [3.05, 3.63) is 47.5 Å². The van der Waals surface area contributed by atoms with Crippen molar-refractivity contribution in [1.82, 2.24) is 9.55 Å². The van der Waals surface area contributed by atoms with Crippen LogP contribution in [0, 0.1) is 6.92 Å². The molecule has 1 heterocycles. The second kappa shape index (κ2) is 5.89. The Morgan fingerprint density at radius 2 is 2.21 bits per heavy atom. The van der Waals surface area contributed by atoms with E-state index in [0.717, 1.165) is 29.1 Å². The van der Waals surface area contributed by atoms with Crippen LogP contribution >= 0.6 is 0 Å². The average Bonchev–Trinajstić information content (AvgIpc) is 2.84. The number of nitrogens with zero attached hydrogens (tertiary/aromatic N) is 2. The Kier molecular flexibility index (Phi) is 4.22. The zero-order chi connectivity index (χ0) is 13.8. The van der Waals surface area contributed by atoms with Gasteiger partial charge in [-0.15, -0.1) is 0 Å². The third kappa shape index (κ3) is 3.15. The maximum atomic E-state index is 5.87. The molecule has 2 N–H and O–H groups in total. The molecule has 0 amide bonds. The van der Waals surface area contributed by atoms with Gasteiger partial charge in [0.1, 0.15) is 12.4 Å². The van der Waals surface area contributed by atoms with Crippen molar-refractivity contribution in [3.63, 3.8) is 0 Å². The molecular weight excluding hydrogens is 238 g/mol. The first-order valence-electron chi connectivity index (χ1n) is 6.59. The first-order chi connectivity index (χ1) is 9.11. The molecular formula is C15H21N3O. The van der Waals surface area contributed by atoms with Gasteiger partial charge in [0.2, 0.25) is 0 Å². The van der Waals surface area contributed by atoms with Crippen LogP contribution in [0.3, 0.4) is 0 Å². The number of aryl methyl sites for hydroxylation is 2. The summed E-state index contributed by atoms with van der Waals surface area (Å²) in [6, 6.07) is 6.14. The van der Waals surface area contributed by atoms with Crippen LogP contribution in [0.25, 0.3) is 0 Å². The summed E-state index contributed by atoms with van der Waals surface area (Å²) in [5.41, 5.74) is 9.19. The molecule has 0 bridgehead atoms. The maximum Gasteiger partial charge on any atom is 0.130 e. The van der Waals surface area contributed by atoms with Crippen LogP contribution in [0.1, 0.15) is 36.7 Å². The second-order valence-electron chi connectivity index (χ2n) is 4.77. The molecule has 1 atom stereocenters. The average molecular weight is 259 g/mol. The van der Waals surface area contributed by atoms with Crippen LogP contribution in [-0.2, 0) is 13.2 Å². The minimum Gasteiger partial charge on any atom is -0.487 e. The summed E-state index contributed by atoms with van der Waals surface area (Å²) in [5.74, 6) is 0.897. The molecule has 0 aliphatic heterocycles. The molecule has 1 aromatic heterocycles. The lowest BCUT2D eigenvalue weighted by molar-refractivity contribution is 0.293. The van der Waals surface area contributed by atoms with Gasteiger partial charge >= 0.3 is 0 Å². The standard InChI is InChI=1S/C15H21N3O/c1-4-18-10-17-8-14(18)9-19-15-6-5-13(12(3)16)7-11(15)2/h5-8,10,12H,4,9,16H2,1-3H3. The van der Waals surface area contributed by atoms with Crippen molar-refractivity contribution in [3.8, 4) is 5.75 Å². The fraction of sp³-hybridized carbons (Fsp3) is 0.400. The molecule has 0 fully saturated rings. The largest absolute Gasteiger partial charge is 0.487 e. The number of rotatable bonds is 5. The van der Waals surface area contributed by atoms with Crippen LogP contribution in [0.2, 0.25) is 0 Å². The van der Waals surface area contributed by atoms with Crippen LogP contribution in [0.5, 0.6) is 5.75 Å². The van der Waals surface area contributed by atoms with Crippen molar-refractivity contribution in [2.24, 2.45) is 5.73 Å². The summed E-state index contributed by atoms with van der Waals surface area (Å²) in [6.45, 7) is 7.55. The second-order valence-corrected chi connectivity index (χ2v) is 4.77. The van der Waals surface area contributed by atoms with E-state index in [-0.39, 0.29) is 6.04 Å². The molecule has 2 rings (SSSR count). The molecule has 0 aliphatic carbocycles. The van der Waals surface area contributed by atoms with Crippen molar-refractivity contribution in [2.75, 3.05) is 0 Å². The van der Waals surface area contributed by atoms with Gasteiger partial charge in [-0.25, -0.2) is 4.98 Å². The molecule has 4 heteroatoms. The van der Waals surface area contributed by atoms with Gasteiger partial charge in [0.15, 0.2) is 0 Å². The number of nitrogens with two attached hydrogens (primary N) is 1. The number of benzene rings is 1. The Morgan fingerprint density at radius 1 is 1.42 bits per heavy atom. The lowest BCUT2D eigenvalue weighted by atomic mass is 10.1. The summed E-state index contributed by atoms with van der Waals surface area (Å²) >= 11 is 0. The van der Waals surface area contributed by atoms with Gasteiger partial charge in [-0.05, 0) is 38.0 Å². The van der Waals surface area contributed by atoms with Gasteiger partial charge in [0, 0.05) is 12.6 Å². The third-order valence-electron chi connectivity index (χ3n) is 3.24. The van der Waals surface area contributed by atoms with Gasteiger partial charge in [-0.1, -0.05) is 12.1 Å². The summed E-state index contributed by atoms with van der Waals surface area (Å²) in [4.78, 5) is 4.13. The molecule has 0 spiro atoms. The van der Waals surface area contributed by atoms with E-state index in [1.54, 1.807) is 0 Å². The first-order valence-corrected chi connectivity index (χ1v) is 6.59. The Morgan fingerprint density at radius 3 is 2.84 bits per heavy atom. The first kappa shape index (κ1) is 13.6. The predicted molar refractivity (Wildman–Crippen MR) is 76.0 cm³/mol. The van der Waals surface area contributed by atoms with Crippen LogP contribution in [-0.4, -0.2) is 9.55 Å². The topological polar surface area (TPSA) is 53.1 Å². The molecule has 19 heavy (non-hydrogen) atoms. The van der Waals surface area contributed by atoms with Crippen molar-refractivity contribution in [2.45, 2.75) is 40.0 Å². The maximum absolute atomic E-state index is 5.87. The van der Waals surface area contributed by atoms with Gasteiger partial charge in [0.25, 0.3) is 0 Å². The zero-order valence-electron chi connectivity index (χ0n) is 11.8. The van der Waals surface area contributed by atoms with E-state index in [2.05, 4.69) is 22.5 Å². The minimum atomic E-state index is 0.0503. The van der Waals surface area contributed by atoms with Crippen molar-refractivity contribution in [1.29, 1.82) is 0 Å². The molecule has 1 unspecified atom stereocenters. The highest BCUT2D eigenvalue weighted by atomic mass is 16.5. The number of imidazole rings is 1. The Balaban J connectivity index is 2.08. The monoisotopic (exact) mass is 259 g/mol. The number of aromatic nitrogens is 2. The third-order valence-corrected chi connectivity index (χ3v) is 3.24. The summed E-state index contributed by atoms with van der Waals surface area (Å²) in [6.07, 6.45) is 3.67. The molecule has 2 aromatic rings. The van der Waals surface area contributed by atoms with Gasteiger partial charge < -0.3 is 15.0 Å². The molecule has 0 aliphatic rings. The highest BCUT2D eigenvalue weighted by Gasteiger charge is 2.06. The number of ether oxygens (including phenoxy) is 1. The van der Waals surface area contributed by atoms with E-state index in [1.807, 2.05) is 38.5 Å². The molecule has 102 valence electrons. The summed E-state index contributed by atoms with van der Waals surface area (Å²) < 4.78 is 7.93. The highest BCUT2D eigenvalue weighted by Crippen LogP contribution is 2.22.